The Bertz CT molecular complexity index is 272. The molecule has 0 bridgehead atoms. The van der Waals surface area contributed by atoms with Crippen molar-refractivity contribution in [1.29, 1.82) is 0 Å². The number of alkyl halides is 2. The second-order valence-electron chi connectivity index (χ2n) is 3.23. The summed E-state index contributed by atoms with van der Waals surface area (Å²) in [4.78, 5) is 2.27. The van der Waals surface area contributed by atoms with Crippen molar-refractivity contribution in [3.63, 3.8) is 0 Å². The van der Waals surface area contributed by atoms with E-state index < -0.39 is 0 Å². The van der Waals surface area contributed by atoms with Gasteiger partial charge in [0.2, 0.25) is 0 Å². The van der Waals surface area contributed by atoms with E-state index in [2.05, 4.69) is 48.9 Å². The molecule has 0 aromatic heterocycles. The Morgan fingerprint density at radius 1 is 1.13 bits per heavy atom. The van der Waals surface area contributed by atoms with Crippen LogP contribution in [0.25, 0.3) is 0 Å². The first-order chi connectivity index (χ1) is 7.30. The molecule has 0 aliphatic carbocycles. The number of methoxy groups -OCH3 is 1. The summed E-state index contributed by atoms with van der Waals surface area (Å²) in [5.41, 5.74) is 3.13. The van der Waals surface area contributed by atoms with Crippen molar-refractivity contribution >= 4 is 31.9 Å². The van der Waals surface area contributed by atoms with Gasteiger partial charge in [-0.3, -0.25) is 4.90 Å². The van der Waals surface area contributed by atoms with Gasteiger partial charge in [-0.1, -0.05) is 44.0 Å². The SMILES string of the molecule is COc1ccc(CCN(CBr)CBr)cc1. The molecule has 0 saturated carbocycles. The Hall–Kier alpha value is -0.0600. The van der Waals surface area contributed by atoms with E-state index >= 15 is 0 Å². The van der Waals surface area contributed by atoms with Crippen molar-refractivity contribution < 1.29 is 4.74 Å². The summed E-state index contributed by atoms with van der Waals surface area (Å²) in [5.74, 6) is 0.914. The minimum absolute atomic E-state index is 0.897. The van der Waals surface area contributed by atoms with E-state index in [0.717, 1.165) is 29.6 Å². The molecule has 1 aromatic rings. The predicted molar refractivity (Wildman–Crippen MR) is 71.0 cm³/mol. The summed E-state index contributed by atoms with van der Waals surface area (Å²) in [5, 5.41) is 0. The van der Waals surface area contributed by atoms with Gasteiger partial charge in [-0.05, 0) is 24.1 Å². The lowest BCUT2D eigenvalue weighted by Gasteiger charge is -2.15. The summed E-state index contributed by atoms with van der Waals surface area (Å²) in [7, 11) is 1.69. The van der Waals surface area contributed by atoms with Crippen molar-refractivity contribution in [3.05, 3.63) is 29.8 Å². The van der Waals surface area contributed by atoms with Crippen LogP contribution in [0, 0.1) is 0 Å². The van der Waals surface area contributed by atoms with Gasteiger partial charge in [-0.25, -0.2) is 0 Å². The Morgan fingerprint density at radius 3 is 2.20 bits per heavy atom. The van der Waals surface area contributed by atoms with E-state index in [4.69, 9.17) is 4.74 Å². The van der Waals surface area contributed by atoms with Gasteiger partial charge in [-0.15, -0.1) is 0 Å². The molecule has 0 unspecified atom stereocenters. The van der Waals surface area contributed by atoms with Crippen LogP contribution < -0.4 is 4.74 Å². The summed E-state index contributed by atoms with van der Waals surface area (Å²) in [6.07, 6.45) is 1.06. The number of ether oxygens (including phenoxy) is 1. The van der Waals surface area contributed by atoms with Gasteiger partial charge in [0.05, 0.1) is 18.0 Å². The Morgan fingerprint density at radius 2 is 1.73 bits per heavy atom. The highest BCUT2D eigenvalue weighted by molar-refractivity contribution is 9.09. The smallest absolute Gasteiger partial charge is 0.118 e. The lowest BCUT2D eigenvalue weighted by molar-refractivity contribution is 0.389. The van der Waals surface area contributed by atoms with Crippen molar-refractivity contribution in [2.24, 2.45) is 0 Å². The Balaban J connectivity index is 2.43. The third-order valence-electron chi connectivity index (χ3n) is 2.21. The minimum atomic E-state index is 0.897. The summed E-state index contributed by atoms with van der Waals surface area (Å²) >= 11 is 6.90. The second-order valence-corrected chi connectivity index (χ2v) is 4.23. The highest BCUT2D eigenvalue weighted by Gasteiger charge is 2.01. The number of hydrogen-bond acceptors (Lipinski definition) is 2. The third-order valence-corrected chi connectivity index (χ3v) is 3.63. The van der Waals surface area contributed by atoms with Gasteiger partial charge in [0, 0.05) is 6.54 Å². The number of hydrogen-bond donors (Lipinski definition) is 0. The van der Waals surface area contributed by atoms with Crippen LogP contribution in [0.15, 0.2) is 24.3 Å². The third kappa shape index (κ3) is 4.53. The second kappa shape index (κ2) is 7.25. The molecule has 0 heterocycles. The molecule has 0 aliphatic heterocycles. The van der Waals surface area contributed by atoms with Crippen molar-refractivity contribution in [1.82, 2.24) is 4.90 Å². The molecule has 15 heavy (non-hydrogen) atoms. The Kier molecular flexibility index (Phi) is 6.29. The van der Waals surface area contributed by atoms with Crippen LogP contribution in [0.3, 0.4) is 0 Å². The molecule has 0 N–H and O–H groups in total. The van der Waals surface area contributed by atoms with Crippen LogP contribution in [0.4, 0.5) is 0 Å². The molecule has 0 saturated heterocycles. The lowest BCUT2D eigenvalue weighted by atomic mass is 10.1. The zero-order chi connectivity index (χ0) is 11.1. The highest BCUT2D eigenvalue weighted by atomic mass is 79.9. The van der Waals surface area contributed by atoms with E-state index in [0.29, 0.717) is 0 Å². The van der Waals surface area contributed by atoms with Crippen LogP contribution in [-0.4, -0.2) is 29.5 Å². The maximum atomic E-state index is 5.11. The highest BCUT2D eigenvalue weighted by Crippen LogP contribution is 2.12. The first-order valence-corrected chi connectivity index (χ1v) is 7.01. The Labute approximate surface area is 108 Å². The molecule has 4 heteroatoms. The average Bonchev–Trinajstić information content (AvgIpc) is 2.31. The topological polar surface area (TPSA) is 12.5 Å². The summed E-state index contributed by atoms with van der Waals surface area (Å²) in [6, 6.07) is 8.23. The monoisotopic (exact) mass is 335 g/mol. The molecule has 0 aliphatic rings. The van der Waals surface area contributed by atoms with E-state index in [-0.39, 0.29) is 0 Å². The first-order valence-electron chi connectivity index (χ1n) is 4.77. The predicted octanol–water partition coefficient (Wildman–Crippen LogP) is 3.24. The summed E-state index contributed by atoms with van der Waals surface area (Å²) < 4.78 is 5.11. The van der Waals surface area contributed by atoms with Crippen molar-refractivity contribution in [2.45, 2.75) is 6.42 Å². The van der Waals surface area contributed by atoms with Gasteiger partial charge in [0.1, 0.15) is 5.75 Å². The maximum Gasteiger partial charge on any atom is 0.118 e. The molecule has 0 amide bonds. The van der Waals surface area contributed by atoms with Crippen LogP contribution in [-0.2, 0) is 6.42 Å². The molecular formula is C11H15Br2NO. The maximum absolute atomic E-state index is 5.11. The van der Waals surface area contributed by atoms with Crippen LogP contribution >= 0.6 is 31.9 Å². The zero-order valence-electron chi connectivity index (χ0n) is 8.75. The van der Waals surface area contributed by atoms with E-state index in [1.807, 2.05) is 12.1 Å². The molecule has 2 nitrogen and oxygen atoms in total. The van der Waals surface area contributed by atoms with Crippen molar-refractivity contribution in [2.75, 3.05) is 24.6 Å². The molecule has 84 valence electrons. The average molecular weight is 337 g/mol. The van der Waals surface area contributed by atoms with Crippen LogP contribution in [0.2, 0.25) is 0 Å². The summed E-state index contributed by atoms with van der Waals surface area (Å²) in [6.45, 7) is 1.04. The fourth-order valence-corrected chi connectivity index (χ4v) is 2.56. The van der Waals surface area contributed by atoms with Gasteiger partial charge in [0.25, 0.3) is 0 Å². The number of rotatable bonds is 6. The zero-order valence-corrected chi connectivity index (χ0v) is 11.9. The standard InChI is InChI=1S/C11H15Br2NO/c1-15-11-4-2-10(3-5-11)6-7-14(8-12)9-13/h2-5H,6-9H2,1H3. The van der Waals surface area contributed by atoms with Crippen molar-refractivity contribution in [3.8, 4) is 5.75 Å². The molecule has 1 aromatic carbocycles. The molecule has 0 atom stereocenters. The van der Waals surface area contributed by atoms with Gasteiger partial charge < -0.3 is 4.74 Å². The fourth-order valence-electron chi connectivity index (χ4n) is 1.23. The van der Waals surface area contributed by atoms with E-state index in [9.17, 15) is 0 Å². The van der Waals surface area contributed by atoms with Gasteiger partial charge in [0.15, 0.2) is 0 Å². The number of halogens is 2. The van der Waals surface area contributed by atoms with Gasteiger partial charge >= 0.3 is 0 Å². The van der Waals surface area contributed by atoms with Crippen LogP contribution in [0.5, 0.6) is 5.75 Å². The van der Waals surface area contributed by atoms with Gasteiger partial charge in [-0.2, -0.15) is 0 Å². The van der Waals surface area contributed by atoms with Crippen LogP contribution in [0.1, 0.15) is 5.56 Å². The normalized spacial score (nSPS) is 10.7. The number of benzene rings is 1. The van der Waals surface area contributed by atoms with E-state index in [1.165, 1.54) is 5.56 Å². The molecular weight excluding hydrogens is 322 g/mol. The quantitative estimate of drug-likeness (QED) is 0.584. The largest absolute Gasteiger partial charge is 0.497 e. The molecule has 0 spiro atoms. The molecule has 0 fully saturated rings. The van der Waals surface area contributed by atoms with E-state index in [1.54, 1.807) is 7.11 Å². The lowest BCUT2D eigenvalue weighted by Crippen LogP contribution is -2.22. The minimum Gasteiger partial charge on any atom is -0.497 e. The fraction of sp³-hybridized carbons (Fsp3) is 0.455. The molecule has 0 radical (unpaired) electrons. The molecule has 1 rings (SSSR count). The first kappa shape index (κ1) is 13.0. The number of nitrogens with zero attached hydrogens (tertiary/aromatic N) is 1.